The molecular formula is C47H82NO8P. The van der Waals surface area contributed by atoms with Crippen molar-refractivity contribution in [3.05, 3.63) is 72.9 Å². The van der Waals surface area contributed by atoms with E-state index in [0.29, 0.717) is 12.8 Å². The van der Waals surface area contributed by atoms with Gasteiger partial charge < -0.3 is 20.1 Å². The molecule has 0 saturated heterocycles. The fraction of sp³-hybridized carbons (Fsp3) is 0.702. The van der Waals surface area contributed by atoms with Gasteiger partial charge in [0.1, 0.15) is 6.61 Å². The van der Waals surface area contributed by atoms with E-state index in [0.717, 1.165) is 64.2 Å². The van der Waals surface area contributed by atoms with E-state index in [4.69, 9.17) is 24.3 Å². The third kappa shape index (κ3) is 42.9. The SMILES string of the molecule is CCCCC/C=C/C/C=C/CCCCCCCC(=O)O[C@@H](COC(=O)CCC/C=C/C/C=C/C/C=C/C/C=C/CCCCCCCCC)COP(=O)(O)OCCN. The van der Waals surface area contributed by atoms with E-state index in [1.165, 1.54) is 77.0 Å². The van der Waals surface area contributed by atoms with Crippen LogP contribution >= 0.6 is 7.82 Å². The number of phosphoric acid groups is 1. The second kappa shape index (κ2) is 43.0. The van der Waals surface area contributed by atoms with E-state index in [1.807, 2.05) is 0 Å². The highest BCUT2D eigenvalue weighted by Gasteiger charge is 2.25. The number of carbonyl (C=O) groups is 2. The van der Waals surface area contributed by atoms with Crippen LogP contribution in [0.25, 0.3) is 0 Å². The van der Waals surface area contributed by atoms with Gasteiger partial charge in [-0.25, -0.2) is 4.57 Å². The van der Waals surface area contributed by atoms with Gasteiger partial charge in [0.05, 0.1) is 13.2 Å². The quantitative estimate of drug-likeness (QED) is 0.0267. The van der Waals surface area contributed by atoms with Crippen LogP contribution in [-0.4, -0.2) is 49.3 Å². The van der Waals surface area contributed by atoms with Crippen molar-refractivity contribution in [1.82, 2.24) is 0 Å². The highest BCUT2D eigenvalue weighted by Crippen LogP contribution is 2.43. The van der Waals surface area contributed by atoms with Gasteiger partial charge >= 0.3 is 19.8 Å². The lowest BCUT2D eigenvalue weighted by molar-refractivity contribution is -0.161. The number of carbonyl (C=O) groups excluding carboxylic acids is 2. The average molecular weight is 820 g/mol. The molecule has 0 saturated carbocycles. The summed E-state index contributed by atoms with van der Waals surface area (Å²) in [5, 5.41) is 0. The summed E-state index contributed by atoms with van der Waals surface area (Å²) in [6, 6.07) is 0. The van der Waals surface area contributed by atoms with Gasteiger partial charge in [-0.15, -0.1) is 0 Å². The molecule has 2 atom stereocenters. The van der Waals surface area contributed by atoms with Crippen LogP contribution in [0.15, 0.2) is 72.9 Å². The number of esters is 2. The molecular weight excluding hydrogens is 737 g/mol. The Hall–Kier alpha value is -2.55. The van der Waals surface area contributed by atoms with E-state index < -0.39 is 32.5 Å². The minimum Gasteiger partial charge on any atom is -0.462 e. The van der Waals surface area contributed by atoms with E-state index in [-0.39, 0.29) is 32.6 Å². The topological polar surface area (TPSA) is 134 Å². The molecule has 0 aromatic heterocycles. The predicted molar refractivity (Wildman–Crippen MR) is 238 cm³/mol. The van der Waals surface area contributed by atoms with Crippen LogP contribution in [0.5, 0.6) is 0 Å². The van der Waals surface area contributed by atoms with Gasteiger partial charge in [-0.1, -0.05) is 157 Å². The third-order valence-corrected chi connectivity index (χ3v) is 10.0. The van der Waals surface area contributed by atoms with E-state index in [9.17, 15) is 19.0 Å². The summed E-state index contributed by atoms with van der Waals surface area (Å²) in [5.41, 5.74) is 5.34. The van der Waals surface area contributed by atoms with Crippen molar-refractivity contribution in [2.24, 2.45) is 5.73 Å². The Morgan fingerprint density at radius 2 is 0.930 bits per heavy atom. The smallest absolute Gasteiger partial charge is 0.462 e. The molecule has 0 rings (SSSR count). The molecule has 0 bridgehead atoms. The first-order valence-electron chi connectivity index (χ1n) is 22.4. The van der Waals surface area contributed by atoms with Crippen molar-refractivity contribution in [3.63, 3.8) is 0 Å². The monoisotopic (exact) mass is 820 g/mol. The number of allylic oxidation sites excluding steroid dienone is 12. The third-order valence-electron chi connectivity index (χ3n) is 9.06. The van der Waals surface area contributed by atoms with Crippen molar-refractivity contribution < 1.29 is 37.6 Å². The number of unbranched alkanes of at least 4 members (excludes halogenated alkanes) is 16. The van der Waals surface area contributed by atoms with E-state index >= 15 is 0 Å². The Labute approximate surface area is 348 Å². The summed E-state index contributed by atoms with van der Waals surface area (Å²) in [6.45, 7) is 3.61. The van der Waals surface area contributed by atoms with Crippen LogP contribution < -0.4 is 5.73 Å². The van der Waals surface area contributed by atoms with E-state index in [1.54, 1.807) is 0 Å². The Morgan fingerprint density at radius 1 is 0.526 bits per heavy atom. The van der Waals surface area contributed by atoms with Gasteiger partial charge in [0.15, 0.2) is 6.10 Å². The Kier molecular flexibility index (Phi) is 41.1. The molecule has 0 radical (unpaired) electrons. The number of phosphoric ester groups is 1. The number of ether oxygens (including phenoxy) is 2. The Morgan fingerprint density at radius 3 is 1.44 bits per heavy atom. The molecule has 10 heteroatoms. The molecule has 0 aliphatic carbocycles. The van der Waals surface area contributed by atoms with Gasteiger partial charge in [-0.3, -0.25) is 18.6 Å². The summed E-state index contributed by atoms with van der Waals surface area (Å²) >= 11 is 0. The zero-order chi connectivity index (χ0) is 41.8. The summed E-state index contributed by atoms with van der Waals surface area (Å²) in [5.74, 6) is -0.915. The van der Waals surface area contributed by atoms with Crippen LogP contribution in [0.4, 0.5) is 0 Å². The van der Waals surface area contributed by atoms with E-state index in [2.05, 4.69) is 86.8 Å². The maximum atomic E-state index is 12.6. The molecule has 9 nitrogen and oxygen atoms in total. The van der Waals surface area contributed by atoms with Gasteiger partial charge in [-0.05, 0) is 83.5 Å². The molecule has 0 fully saturated rings. The van der Waals surface area contributed by atoms with Gasteiger partial charge in [-0.2, -0.15) is 0 Å². The number of rotatable bonds is 41. The van der Waals surface area contributed by atoms with Crippen LogP contribution in [0, 0.1) is 0 Å². The van der Waals surface area contributed by atoms with Crippen LogP contribution in [-0.2, 0) is 32.7 Å². The lowest BCUT2D eigenvalue weighted by Gasteiger charge is -2.19. The summed E-state index contributed by atoms with van der Waals surface area (Å²) in [6.07, 6.45) is 52.3. The minimum atomic E-state index is -4.40. The lowest BCUT2D eigenvalue weighted by Crippen LogP contribution is -2.29. The Balaban J connectivity index is 4.26. The summed E-state index contributed by atoms with van der Waals surface area (Å²) < 4.78 is 32.7. The molecule has 3 N–H and O–H groups in total. The molecule has 0 aromatic carbocycles. The molecule has 328 valence electrons. The zero-order valence-electron chi connectivity index (χ0n) is 36.0. The van der Waals surface area contributed by atoms with Crippen molar-refractivity contribution in [3.8, 4) is 0 Å². The van der Waals surface area contributed by atoms with Crippen LogP contribution in [0.1, 0.15) is 181 Å². The van der Waals surface area contributed by atoms with Gasteiger partial charge in [0.2, 0.25) is 0 Å². The van der Waals surface area contributed by atoms with Crippen molar-refractivity contribution in [2.75, 3.05) is 26.4 Å². The van der Waals surface area contributed by atoms with Gasteiger partial charge in [0.25, 0.3) is 0 Å². The standard InChI is InChI=1S/C47H82NO8P/c1-3-5-7-9-11-13-15-17-19-20-21-22-23-24-26-27-29-31-33-35-37-39-46(49)53-43-45(44-55-57(51,52)54-42-41-48)56-47(50)40-38-36-34-32-30-28-25-18-16-14-12-10-8-6-4-2/h12,14,18-20,22-23,25-27,31,33,45H,3-11,13,15-17,21,24,28-30,32,34-44,48H2,1-2H3,(H,51,52)/b14-12+,20-19+,23-22+,25-18+,27-26+,33-31+/t45-/m0/s1. The number of hydrogen-bond donors (Lipinski definition) is 2. The van der Waals surface area contributed by atoms with Gasteiger partial charge in [0, 0.05) is 19.4 Å². The van der Waals surface area contributed by atoms with Crippen LogP contribution in [0.3, 0.4) is 0 Å². The number of hydrogen-bond acceptors (Lipinski definition) is 8. The van der Waals surface area contributed by atoms with Crippen molar-refractivity contribution in [2.45, 2.75) is 187 Å². The molecule has 0 spiro atoms. The fourth-order valence-electron chi connectivity index (χ4n) is 5.71. The molecule has 0 heterocycles. The first kappa shape index (κ1) is 54.5. The maximum absolute atomic E-state index is 12.6. The maximum Gasteiger partial charge on any atom is 0.472 e. The van der Waals surface area contributed by atoms with Crippen LogP contribution in [0.2, 0.25) is 0 Å². The first-order chi connectivity index (χ1) is 27.8. The van der Waals surface area contributed by atoms with Crippen molar-refractivity contribution >= 4 is 19.8 Å². The molecule has 0 aliphatic rings. The first-order valence-corrected chi connectivity index (χ1v) is 23.9. The normalized spacial score (nSPS) is 14.0. The highest BCUT2D eigenvalue weighted by atomic mass is 31.2. The Bertz CT molecular complexity index is 1160. The number of nitrogens with two attached hydrogens (primary N) is 1. The lowest BCUT2D eigenvalue weighted by atomic mass is 10.1. The molecule has 57 heavy (non-hydrogen) atoms. The predicted octanol–water partition coefficient (Wildman–Crippen LogP) is 13.1. The largest absolute Gasteiger partial charge is 0.472 e. The highest BCUT2D eigenvalue weighted by molar-refractivity contribution is 7.47. The summed E-state index contributed by atoms with van der Waals surface area (Å²) in [4.78, 5) is 34.9. The minimum absolute atomic E-state index is 0.0404. The second-order valence-corrected chi connectivity index (χ2v) is 16.0. The molecule has 0 aliphatic heterocycles. The molecule has 0 amide bonds. The zero-order valence-corrected chi connectivity index (χ0v) is 36.9. The summed E-state index contributed by atoms with van der Waals surface area (Å²) in [7, 11) is -4.40. The average Bonchev–Trinajstić information content (AvgIpc) is 3.20. The molecule has 0 aromatic rings. The second-order valence-electron chi connectivity index (χ2n) is 14.6. The molecule has 1 unspecified atom stereocenters. The fourth-order valence-corrected chi connectivity index (χ4v) is 6.48. The van der Waals surface area contributed by atoms with Crippen molar-refractivity contribution in [1.29, 1.82) is 0 Å².